The fraction of sp³-hybridized carbons (Fsp3) is 0.667. The second kappa shape index (κ2) is 6.28. The van der Waals surface area contributed by atoms with Crippen LogP contribution in [0.15, 0.2) is 12.4 Å². The van der Waals surface area contributed by atoms with Gasteiger partial charge < -0.3 is 15.0 Å². The maximum atomic E-state index is 12.0. The highest BCUT2D eigenvalue weighted by atomic mass is 16.5. The Balaban J connectivity index is 1.89. The van der Waals surface area contributed by atoms with Crippen LogP contribution in [0.3, 0.4) is 0 Å². The van der Waals surface area contributed by atoms with Crippen molar-refractivity contribution in [3.8, 4) is 5.88 Å². The molecule has 1 aliphatic heterocycles. The average Bonchev–Trinajstić information content (AvgIpc) is 2.47. The first kappa shape index (κ1) is 15.5. The lowest BCUT2D eigenvalue weighted by atomic mass is 9.94. The Bertz CT molecular complexity index is 491. The molecule has 0 atom stereocenters. The fourth-order valence-electron chi connectivity index (χ4n) is 2.27. The summed E-state index contributed by atoms with van der Waals surface area (Å²) in [7, 11) is 1.60. The van der Waals surface area contributed by atoms with Crippen molar-refractivity contribution in [2.24, 2.45) is 5.41 Å². The van der Waals surface area contributed by atoms with Crippen molar-refractivity contribution in [2.75, 3.05) is 25.1 Å². The Morgan fingerprint density at radius 3 is 2.57 bits per heavy atom. The van der Waals surface area contributed by atoms with Crippen molar-refractivity contribution in [3.63, 3.8) is 0 Å². The van der Waals surface area contributed by atoms with Crippen molar-refractivity contribution < 1.29 is 9.53 Å². The molecule has 0 unspecified atom stereocenters. The van der Waals surface area contributed by atoms with Gasteiger partial charge in [-0.3, -0.25) is 4.79 Å². The van der Waals surface area contributed by atoms with Gasteiger partial charge in [-0.1, -0.05) is 20.8 Å². The summed E-state index contributed by atoms with van der Waals surface area (Å²) in [5.41, 5.74) is -0.336. The van der Waals surface area contributed by atoms with Crippen molar-refractivity contribution >= 4 is 11.7 Å². The predicted octanol–water partition coefficient (Wildman–Crippen LogP) is 1.62. The number of methoxy groups -OCH3 is 1. The predicted molar refractivity (Wildman–Crippen MR) is 81.4 cm³/mol. The molecule has 1 aromatic rings. The molecule has 1 aliphatic rings. The maximum absolute atomic E-state index is 12.0. The summed E-state index contributed by atoms with van der Waals surface area (Å²) < 4.78 is 5.12. The molecule has 1 amide bonds. The lowest BCUT2D eigenvalue weighted by molar-refractivity contribution is -0.129. The number of rotatable bonds is 3. The molecule has 0 spiro atoms. The summed E-state index contributed by atoms with van der Waals surface area (Å²) in [5, 5.41) is 3.13. The lowest BCUT2D eigenvalue weighted by Gasteiger charge is -2.34. The second-order valence-corrected chi connectivity index (χ2v) is 6.40. The van der Waals surface area contributed by atoms with Crippen LogP contribution >= 0.6 is 0 Å². The third-order valence-electron chi connectivity index (χ3n) is 3.67. The van der Waals surface area contributed by atoms with Crippen molar-refractivity contribution in [1.29, 1.82) is 0 Å². The van der Waals surface area contributed by atoms with Gasteiger partial charge in [-0.25, -0.2) is 9.97 Å². The Morgan fingerprint density at radius 1 is 1.33 bits per heavy atom. The number of amides is 1. The number of piperidine rings is 1. The number of nitrogens with zero attached hydrogens (tertiary/aromatic N) is 3. The first-order valence-electron chi connectivity index (χ1n) is 7.32. The quantitative estimate of drug-likeness (QED) is 0.917. The number of carbonyl (C=O) groups excluding carboxylic acids is 1. The van der Waals surface area contributed by atoms with E-state index in [-0.39, 0.29) is 17.4 Å². The van der Waals surface area contributed by atoms with Gasteiger partial charge in [-0.05, 0) is 12.8 Å². The number of carbonyl (C=O) groups is 1. The number of nitrogens with one attached hydrogen (secondary N) is 1. The van der Waals surface area contributed by atoms with E-state index in [1.165, 1.54) is 6.33 Å². The van der Waals surface area contributed by atoms with E-state index in [0.29, 0.717) is 5.88 Å². The lowest BCUT2D eigenvalue weighted by Crippen LogP contribution is -2.47. The molecule has 0 bridgehead atoms. The first-order chi connectivity index (χ1) is 9.90. The zero-order valence-corrected chi connectivity index (χ0v) is 13.2. The van der Waals surface area contributed by atoms with Gasteiger partial charge in [0, 0.05) is 30.6 Å². The minimum Gasteiger partial charge on any atom is -0.481 e. The summed E-state index contributed by atoms with van der Waals surface area (Å²) in [6.45, 7) is 7.55. The molecule has 0 radical (unpaired) electrons. The topological polar surface area (TPSA) is 67.3 Å². The van der Waals surface area contributed by atoms with Crippen LogP contribution in [0.1, 0.15) is 33.6 Å². The molecule has 2 heterocycles. The molecular weight excluding hydrogens is 268 g/mol. The van der Waals surface area contributed by atoms with Crippen molar-refractivity contribution in [1.82, 2.24) is 15.3 Å². The van der Waals surface area contributed by atoms with E-state index in [1.807, 2.05) is 26.8 Å². The largest absolute Gasteiger partial charge is 0.481 e. The highest BCUT2D eigenvalue weighted by Gasteiger charge is 2.26. The summed E-state index contributed by atoms with van der Waals surface area (Å²) in [6, 6.07) is 2.09. The number of aromatic nitrogens is 2. The standard InChI is InChI=1S/C15H24N4O2/c1-15(2,3)14(20)18-11-5-7-19(8-6-11)12-9-13(21-4)17-10-16-12/h9-11H,5-8H2,1-4H3,(H,18,20). The number of hydrogen-bond acceptors (Lipinski definition) is 5. The van der Waals surface area contributed by atoms with Crippen LogP contribution in [0.5, 0.6) is 5.88 Å². The summed E-state index contributed by atoms with van der Waals surface area (Å²) in [5.74, 6) is 1.57. The van der Waals surface area contributed by atoms with Crippen LogP contribution in [0, 0.1) is 5.41 Å². The van der Waals surface area contributed by atoms with Crippen LogP contribution in [-0.2, 0) is 4.79 Å². The van der Waals surface area contributed by atoms with E-state index in [1.54, 1.807) is 7.11 Å². The van der Waals surface area contributed by atoms with Crippen LogP contribution in [0.25, 0.3) is 0 Å². The molecule has 21 heavy (non-hydrogen) atoms. The van der Waals surface area contributed by atoms with Crippen molar-refractivity contribution in [3.05, 3.63) is 12.4 Å². The Kier molecular flexibility index (Phi) is 4.65. The second-order valence-electron chi connectivity index (χ2n) is 6.40. The molecule has 1 saturated heterocycles. The van der Waals surface area contributed by atoms with Crippen LogP contribution in [-0.4, -0.2) is 42.1 Å². The molecule has 6 heteroatoms. The number of hydrogen-bond donors (Lipinski definition) is 1. The summed E-state index contributed by atoms with van der Waals surface area (Å²) in [6.07, 6.45) is 3.36. The Hall–Kier alpha value is -1.85. The van der Waals surface area contributed by atoms with E-state index >= 15 is 0 Å². The third-order valence-corrected chi connectivity index (χ3v) is 3.67. The number of anilines is 1. The van der Waals surface area contributed by atoms with Gasteiger partial charge in [0.05, 0.1) is 7.11 Å². The molecule has 0 aromatic carbocycles. The smallest absolute Gasteiger partial charge is 0.225 e. The molecule has 2 rings (SSSR count). The molecule has 1 fully saturated rings. The van der Waals surface area contributed by atoms with E-state index in [0.717, 1.165) is 31.7 Å². The highest BCUT2D eigenvalue weighted by Crippen LogP contribution is 2.21. The van der Waals surface area contributed by atoms with E-state index in [9.17, 15) is 4.79 Å². The number of ether oxygens (including phenoxy) is 1. The van der Waals surface area contributed by atoms with Crippen LogP contribution in [0.4, 0.5) is 5.82 Å². The molecule has 0 aliphatic carbocycles. The van der Waals surface area contributed by atoms with Crippen LogP contribution < -0.4 is 15.0 Å². The normalized spacial score (nSPS) is 16.7. The first-order valence-corrected chi connectivity index (χ1v) is 7.32. The molecule has 116 valence electrons. The molecular formula is C15H24N4O2. The summed E-state index contributed by atoms with van der Waals surface area (Å²) >= 11 is 0. The van der Waals surface area contributed by atoms with Gasteiger partial charge in [-0.15, -0.1) is 0 Å². The maximum Gasteiger partial charge on any atom is 0.225 e. The van der Waals surface area contributed by atoms with E-state index < -0.39 is 0 Å². The molecule has 1 aromatic heterocycles. The van der Waals surface area contributed by atoms with Gasteiger partial charge in [0.15, 0.2) is 0 Å². The SMILES string of the molecule is COc1cc(N2CCC(NC(=O)C(C)(C)C)CC2)ncn1. The highest BCUT2D eigenvalue weighted by molar-refractivity contribution is 5.81. The average molecular weight is 292 g/mol. The zero-order chi connectivity index (χ0) is 15.5. The van der Waals surface area contributed by atoms with Gasteiger partial charge >= 0.3 is 0 Å². The Morgan fingerprint density at radius 2 is 2.00 bits per heavy atom. The summed E-state index contributed by atoms with van der Waals surface area (Å²) in [4.78, 5) is 22.5. The fourth-order valence-corrected chi connectivity index (χ4v) is 2.27. The van der Waals surface area contributed by atoms with E-state index in [4.69, 9.17) is 4.74 Å². The van der Waals surface area contributed by atoms with Gasteiger partial charge in [0.1, 0.15) is 12.1 Å². The molecule has 0 saturated carbocycles. The Labute approximate surface area is 125 Å². The monoisotopic (exact) mass is 292 g/mol. The molecule has 6 nitrogen and oxygen atoms in total. The van der Waals surface area contributed by atoms with Gasteiger partial charge in [0.25, 0.3) is 0 Å². The minimum absolute atomic E-state index is 0.115. The molecule has 1 N–H and O–H groups in total. The van der Waals surface area contributed by atoms with Gasteiger partial charge in [-0.2, -0.15) is 0 Å². The van der Waals surface area contributed by atoms with Gasteiger partial charge in [0.2, 0.25) is 11.8 Å². The van der Waals surface area contributed by atoms with Crippen LogP contribution in [0.2, 0.25) is 0 Å². The van der Waals surface area contributed by atoms with E-state index in [2.05, 4.69) is 20.2 Å². The zero-order valence-electron chi connectivity index (χ0n) is 13.2. The third kappa shape index (κ3) is 4.06. The van der Waals surface area contributed by atoms with Crippen molar-refractivity contribution in [2.45, 2.75) is 39.7 Å². The minimum atomic E-state index is -0.336.